The van der Waals surface area contributed by atoms with Gasteiger partial charge in [-0.05, 0) is 43.4 Å². The van der Waals surface area contributed by atoms with Crippen molar-refractivity contribution in [1.82, 2.24) is 0 Å². The van der Waals surface area contributed by atoms with E-state index >= 15 is 0 Å². The van der Waals surface area contributed by atoms with Crippen molar-refractivity contribution >= 4 is 11.8 Å². The van der Waals surface area contributed by atoms with Gasteiger partial charge < -0.3 is 4.74 Å². The summed E-state index contributed by atoms with van der Waals surface area (Å²) in [6.45, 7) is 1.89. The van der Waals surface area contributed by atoms with Crippen molar-refractivity contribution in [3.63, 3.8) is 0 Å². The maximum absolute atomic E-state index is 11.9. The second kappa shape index (κ2) is 4.70. The number of fused-ring (bicyclic) bond motifs is 1. The van der Waals surface area contributed by atoms with E-state index in [0.29, 0.717) is 12.0 Å². The molecule has 0 saturated heterocycles. The zero-order valence-electron chi connectivity index (χ0n) is 10.2. The molecule has 0 saturated carbocycles. The topological polar surface area (TPSA) is 43.4 Å². The number of methoxy groups -OCH3 is 1. The monoisotopic (exact) mass is 232 g/mol. The highest BCUT2D eigenvalue weighted by atomic mass is 16.5. The molecule has 2 rings (SSSR count). The number of carbonyl (C=O) groups excluding carboxylic acids is 2. The Morgan fingerprint density at radius 1 is 1.24 bits per heavy atom. The van der Waals surface area contributed by atoms with Crippen LogP contribution in [0.25, 0.3) is 0 Å². The predicted octanol–water partition coefficient (Wildman–Crippen LogP) is 2.69. The first-order chi connectivity index (χ1) is 8.15. The first-order valence-electron chi connectivity index (χ1n) is 5.89. The summed E-state index contributed by atoms with van der Waals surface area (Å²) in [4.78, 5) is 23.5. The van der Waals surface area contributed by atoms with E-state index in [2.05, 4.69) is 0 Å². The summed E-state index contributed by atoms with van der Waals surface area (Å²) >= 11 is 0. The average molecular weight is 232 g/mol. The Kier molecular flexibility index (Phi) is 3.27. The Morgan fingerprint density at radius 3 is 2.65 bits per heavy atom. The van der Waals surface area contributed by atoms with E-state index in [-0.39, 0.29) is 11.8 Å². The third-order valence-corrected chi connectivity index (χ3v) is 3.38. The summed E-state index contributed by atoms with van der Waals surface area (Å²) in [5, 5.41) is 0. The summed E-state index contributed by atoms with van der Waals surface area (Å²) in [6.07, 6.45) is 3.42. The molecule has 0 N–H and O–H groups in total. The Morgan fingerprint density at radius 2 is 1.94 bits per heavy atom. The molecule has 0 bridgehead atoms. The van der Waals surface area contributed by atoms with Crippen LogP contribution in [0.1, 0.15) is 51.1 Å². The van der Waals surface area contributed by atoms with Crippen LogP contribution in [-0.4, -0.2) is 18.9 Å². The molecular weight excluding hydrogens is 216 g/mol. The maximum atomic E-state index is 11.9. The number of hydrogen-bond donors (Lipinski definition) is 0. The summed E-state index contributed by atoms with van der Waals surface area (Å²) in [5.74, 6) is -0.140. The van der Waals surface area contributed by atoms with Gasteiger partial charge in [-0.3, -0.25) is 4.79 Å². The fourth-order valence-corrected chi connectivity index (χ4v) is 2.39. The van der Waals surface area contributed by atoms with Crippen LogP contribution in [0.5, 0.6) is 0 Å². The molecule has 1 aliphatic carbocycles. The molecule has 90 valence electrons. The number of rotatable bonds is 1. The SMILES string of the molecule is COC(=O)c1ccc2c(c1C)CCCCC2=O. The molecule has 3 heteroatoms. The molecule has 0 radical (unpaired) electrons. The average Bonchev–Trinajstić information content (AvgIpc) is 2.52. The summed E-state index contributed by atoms with van der Waals surface area (Å²) < 4.78 is 4.74. The Hall–Kier alpha value is -1.64. The number of ether oxygens (including phenoxy) is 1. The summed E-state index contributed by atoms with van der Waals surface area (Å²) in [7, 11) is 1.37. The van der Waals surface area contributed by atoms with Crippen molar-refractivity contribution < 1.29 is 14.3 Å². The minimum Gasteiger partial charge on any atom is -0.465 e. The quantitative estimate of drug-likeness (QED) is 0.552. The van der Waals surface area contributed by atoms with Gasteiger partial charge in [-0.1, -0.05) is 6.07 Å². The van der Waals surface area contributed by atoms with Gasteiger partial charge in [0.1, 0.15) is 0 Å². The second-order valence-electron chi connectivity index (χ2n) is 4.39. The predicted molar refractivity (Wildman–Crippen MR) is 64.4 cm³/mol. The third-order valence-electron chi connectivity index (χ3n) is 3.38. The number of Topliss-reactive ketones (excluding diaryl/α,β-unsaturated/α-hetero) is 1. The molecule has 1 aromatic rings. The zero-order chi connectivity index (χ0) is 12.4. The molecule has 17 heavy (non-hydrogen) atoms. The van der Waals surface area contributed by atoms with E-state index in [1.165, 1.54) is 7.11 Å². The largest absolute Gasteiger partial charge is 0.465 e. The van der Waals surface area contributed by atoms with Gasteiger partial charge in [0.25, 0.3) is 0 Å². The molecule has 0 spiro atoms. The molecule has 0 aliphatic heterocycles. The van der Waals surface area contributed by atoms with E-state index in [4.69, 9.17) is 4.74 Å². The van der Waals surface area contributed by atoms with Crippen molar-refractivity contribution in [1.29, 1.82) is 0 Å². The summed E-state index contributed by atoms with van der Waals surface area (Å²) in [6, 6.07) is 3.46. The van der Waals surface area contributed by atoms with E-state index in [0.717, 1.165) is 36.0 Å². The van der Waals surface area contributed by atoms with Gasteiger partial charge in [0.2, 0.25) is 0 Å². The van der Waals surface area contributed by atoms with Gasteiger partial charge in [0.15, 0.2) is 5.78 Å². The lowest BCUT2D eigenvalue weighted by molar-refractivity contribution is 0.0599. The van der Waals surface area contributed by atoms with Crippen LogP contribution in [0.2, 0.25) is 0 Å². The number of benzene rings is 1. The van der Waals surface area contributed by atoms with Crippen molar-refractivity contribution in [3.8, 4) is 0 Å². The van der Waals surface area contributed by atoms with Crippen LogP contribution >= 0.6 is 0 Å². The minimum atomic E-state index is -0.331. The number of esters is 1. The molecule has 0 heterocycles. The first kappa shape index (κ1) is 11.8. The number of ketones is 1. The van der Waals surface area contributed by atoms with Gasteiger partial charge in [0.05, 0.1) is 12.7 Å². The summed E-state index contributed by atoms with van der Waals surface area (Å²) in [5.41, 5.74) is 3.27. The third kappa shape index (κ3) is 2.09. The van der Waals surface area contributed by atoms with Crippen LogP contribution in [0.15, 0.2) is 12.1 Å². The highest BCUT2D eigenvalue weighted by molar-refractivity contribution is 6.00. The molecule has 1 aliphatic rings. The van der Waals surface area contributed by atoms with Gasteiger partial charge in [-0.2, -0.15) is 0 Å². The Balaban J connectivity index is 2.54. The maximum Gasteiger partial charge on any atom is 0.338 e. The van der Waals surface area contributed by atoms with Crippen LogP contribution in [0.4, 0.5) is 0 Å². The van der Waals surface area contributed by atoms with E-state index in [1.807, 2.05) is 6.92 Å². The van der Waals surface area contributed by atoms with E-state index < -0.39 is 0 Å². The fourth-order valence-electron chi connectivity index (χ4n) is 2.39. The van der Waals surface area contributed by atoms with Crippen molar-refractivity contribution in [2.45, 2.75) is 32.6 Å². The Labute approximate surface area is 101 Å². The van der Waals surface area contributed by atoms with Crippen LogP contribution < -0.4 is 0 Å². The highest BCUT2D eigenvalue weighted by Crippen LogP contribution is 2.26. The van der Waals surface area contributed by atoms with Gasteiger partial charge in [-0.15, -0.1) is 0 Å². The smallest absolute Gasteiger partial charge is 0.338 e. The lowest BCUT2D eigenvalue weighted by Crippen LogP contribution is -2.09. The van der Waals surface area contributed by atoms with E-state index in [9.17, 15) is 9.59 Å². The first-order valence-corrected chi connectivity index (χ1v) is 5.89. The van der Waals surface area contributed by atoms with Crippen LogP contribution in [0.3, 0.4) is 0 Å². The van der Waals surface area contributed by atoms with Gasteiger partial charge >= 0.3 is 5.97 Å². The number of hydrogen-bond acceptors (Lipinski definition) is 3. The standard InChI is InChI=1S/C14H16O3/c1-9-10-5-3-4-6-13(15)12(10)8-7-11(9)14(16)17-2/h7-8H,3-6H2,1-2H3. The molecule has 0 unspecified atom stereocenters. The number of carbonyl (C=O) groups is 2. The van der Waals surface area contributed by atoms with Gasteiger partial charge in [0, 0.05) is 12.0 Å². The second-order valence-corrected chi connectivity index (χ2v) is 4.39. The fraction of sp³-hybridized carbons (Fsp3) is 0.429. The molecule has 1 aromatic carbocycles. The molecule has 0 aromatic heterocycles. The minimum absolute atomic E-state index is 0.192. The lowest BCUT2D eigenvalue weighted by atomic mass is 9.93. The lowest BCUT2D eigenvalue weighted by Gasteiger charge is -2.12. The normalized spacial score (nSPS) is 15.1. The van der Waals surface area contributed by atoms with Crippen molar-refractivity contribution in [2.24, 2.45) is 0 Å². The van der Waals surface area contributed by atoms with Crippen molar-refractivity contribution in [3.05, 3.63) is 34.4 Å². The van der Waals surface area contributed by atoms with Gasteiger partial charge in [-0.25, -0.2) is 4.79 Å². The Bertz CT molecular complexity index is 475. The molecule has 0 amide bonds. The molecule has 0 atom stereocenters. The zero-order valence-corrected chi connectivity index (χ0v) is 10.2. The molecule has 3 nitrogen and oxygen atoms in total. The molecular formula is C14H16O3. The highest BCUT2D eigenvalue weighted by Gasteiger charge is 2.20. The van der Waals surface area contributed by atoms with Crippen LogP contribution in [-0.2, 0) is 11.2 Å². The van der Waals surface area contributed by atoms with Crippen molar-refractivity contribution in [2.75, 3.05) is 7.11 Å². The van der Waals surface area contributed by atoms with E-state index in [1.54, 1.807) is 12.1 Å². The van der Waals surface area contributed by atoms with Crippen LogP contribution in [0, 0.1) is 6.92 Å². The molecule has 0 fully saturated rings.